The van der Waals surface area contributed by atoms with Crippen LogP contribution >= 0.6 is 0 Å². The summed E-state index contributed by atoms with van der Waals surface area (Å²) in [5.41, 5.74) is 18.8. The van der Waals surface area contributed by atoms with Crippen LogP contribution in [0, 0.1) is 20.8 Å². The van der Waals surface area contributed by atoms with E-state index < -0.39 is 11.8 Å². The second-order valence-corrected chi connectivity index (χ2v) is 13.3. The Morgan fingerprint density at radius 1 is 0.792 bits per heavy atom. The van der Waals surface area contributed by atoms with Gasteiger partial charge in [0.25, 0.3) is 0 Å². The number of carbonyl (C=O) groups is 3. The normalized spacial score (nSPS) is 11.9. The predicted octanol–water partition coefficient (Wildman–Crippen LogP) is 5.23. The van der Waals surface area contributed by atoms with Gasteiger partial charge in [0.05, 0.1) is 34.4 Å². The molecule has 0 bridgehead atoms. The van der Waals surface area contributed by atoms with Crippen molar-refractivity contribution in [1.29, 1.82) is 0 Å². The molecule has 270 valence electrons. The Hall–Kier alpha value is -6.44. The monoisotopic (exact) mass is 711 g/mol. The quantitative estimate of drug-likeness (QED) is 0.120. The number of Topliss-reactive ketones (excluding diaryl/α,β-unsaturated/α-hetero) is 1. The van der Waals surface area contributed by atoms with E-state index in [1.54, 1.807) is 41.2 Å². The smallest absolute Gasteiger partial charge is 0.248 e. The molecule has 14 nitrogen and oxygen atoms in total. The number of fused-ring (bicyclic) bond motifs is 4. The summed E-state index contributed by atoms with van der Waals surface area (Å²) < 4.78 is 7.72. The first kappa shape index (κ1) is 35.0. The van der Waals surface area contributed by atoms with Crippen molar-refractivity contribution in [2.45, 2.75) is 73.6 Å². The molecule has 0 radical (unpaired) electrons. The molecule has 0 saturated carbocycles. The van der Waals surface area contributed by atoms with Gasteiger partial charge in [0.2, 0.25) is 11.8 Å². The molecule has 0 aliphatic carbocycles. The van der Waals surface area contributed by atoms with Crippen LogP contribution in [0.2, 0.25) is 0 Å². The molecule has 5 heterocycles. The number of amides is 2. The first-order chi connectivity index (χ1) is 25.5. The van der Waals surface area contributed by atoms with Gasteiger partial charge in [-0.15, -0.1) is 0 Å². The number of hydrogen-bond acceptors (Lipinski definition) is 8. The maximum Gasteiger partial charge on any atom is 0.248 e. The Bertz CT molecular complexity index is 2620. The number of rotatable bonds is 13. The van der Waals surface area contributed by atoms with Gasteiger partial charge in [0.15, 0.2) is 11.6 Å². The summed E-state index contributed by atoms with van der Waals surface area (Å²) in [5, 5.41) is 10.7. The molecule has 14 heteroatoms. The fraction of sp³-hybridized carbons (Fsp3) is 0.282. The first-order valence-electron chi connectivity index (χ1n) is 17.6. The van der Waals surface area contributed by atoms with Crippen molar-refractivity contribution >= 4 is 50.6 Å². The molecule has 4 N–H and O–H groups in total. The van der Waals surface area contributed by atoms with Crippen molar-refractivity contribution in [1.82, 2.24) is 43.6 Å². The van der Waals surface area contributed by atoms with Gasteiger partial charge in [-0.3, -0.25) is 23.7 Å². The van der Waals surface area contributed by atoms with Crippen LogP contribution in [0.25, 0.3) is 44.5 Å². The van der Waals surface area contributed by atoms with Crippen molar-refractivity contribution < 1.29 is 14.4 Å². The number of aromatic nitrogens is 9. The minimum atomic E-state index is -0.546. The number of benzene rings is 2. The molecule has 2 aromatic carbocycles. The molecule has 0 spiro atoms. The zero-order valence-electron chi connectivity index (χ0n) is 30.4. The van der Waals surface area contributed by atoms with Crippen molar-refractivity contribution in [3.05, 3.63) is 100 Å². The van der Waals surface area contributed by atoms with Gasteiger partial charge in [-0.1, -0.05) is 19.1 Å². The highest BCUT2D eigenvalue weighted by Gasteiger charge is 2.21. The highest BCUT2D eigenvalue weighted by Crippen LogP contribution is 2.31. The molecular weight excluding hydrogens is 671 g/mol. The molecule has 0 aliphatic heterocycles. The molecule has 0 unspecified atom stereocenters. The number of aryl methyl sites for hydroxylation is 5. The van der Waals surface area contributed by atoms with Crippen LogP contribution in [0.5, 0.6) is 0 Å². The van der Waals surface area contributed by atoms with E-state index in [4.69, 9.17) is 26.4 Å². The molecule has 0 fully saturated rings. The van der Waals surface area contributed by atoms with E-state index in [1.807, 2.05) is 61.2 Å². The lowest BCUT2D eigenvalue weighted by atomic mass is 10.1. The first-order valence-corrected chi connectivity index (χ1v) is 17.6. The standard InChI is InChI=1S/C39H41N11O3/c1-6-12-50-32(17-24(5)46-50)38-42-21-28-27-18-25(36(40)52)10-11-30(27)47(39(28)44-38)13-8-9-14-48-34(20-33(51)31-16-23(4)45-49(31)7-2)43-29-19-26(37(41)53)15-22(3)35(29)48/h8-11,15-19,21H,6-7,12-14,20H2,1-5H3,(H2,40,52)(H2,41,53)/b9-8+. The zero-order chi connectivity index (χ0) is 37.6. The van der Waals surface area contributed by atoms with Crippen LogP contribution in [0.4, 0.5) is 0 Å². The Morgan fingerprint density at radius 2 is 1.51 bits per heavy atom. The summed E-state index contributed by atoms with van der Waals surface area (Å²) in [6.07, 6.45) is 6.80. The van der Waals surface area contributed by atoms with Crippen LogP contribution in [-0.2, 0) is 32.6 Å². The van der Waals surface area contributed by atoms with E-state index in [0.717, 1.165) is 57.4 Å². The highest BCUT2D eigenvalue weighted by atomic mass is 16.1. The van der Waals surface area contributed by atoms with Crippen molar-refractivity contribution in [3.8, 4) is 11.5 Å². The maximum absolute atomic E-state index is 13.6. The van der Waals surface area contributed by atoms with Crippen molar-refractivity contribution in [2.75, 3.05) is 0 Å². The summed E-state index contributed by atoms with van der Waals surface area (Å²) in [6, 6.07) is 12.6. The minimum Gasteiger partial charge on any atom is -0.366 e. The summed E-state index contributed by atoms with van der Waals surface area (Å²) in [6.45, 7) is 11.9. The summed E-state index contributed by atoms with van der Waals surface area (Å²) >= 11 is 0. The molecule has 2 amide bonds. The number of ketones is 1. The topological polar surface area (TPSA) is 187 Å². The number of nitrogens with two attached hydrogens (primary N) is 2. The largest absolute Gasteiger partial charge is 0.366 e. The zero-order valence-corrected chi connectivity index (χ0v) is 30.4. The molecule has 0 saturated heterocycles. The number of imidazole rings is 1. The Kier molecular flexibility index (Phi) is 9.20. The van der Waals surface area contributed by atoms with Gasteiger partial charge in [0.1, 0.15) is 22.9 Å². The Balaban J connectivity index is 1.28. The highest BCUT2D eigenvalue weighted by molar-refractivity contribution is 6.09. The van der Waals surface area contributed by atoms with E-state index in [1.165, 1.54) is 0 Å². The van der Waals surface area contributed by atoms with E-state index >= 15 is 0 Å². The van der Waals surface area contributed by atoms with E-state index in [-0.39, 0.29) is 12.2 Å². The number of carbonyl (C=O) groups excluding carboxylic acids is 3. The fourth-order valence-electron chi connectivity index (χ4n) is 7.04. The Labute approximate surface area is 305 Å². The van der Waals surface area contributed by atoms with Gasteiger partial charge in [-0.25, -0.2) is 15.0 Å². The van der Waals surface area contributed by atoms with E-state index in [2.05, 4.69) is 21.7 Å². The maximum atomic E-state index is 13.6. The van der Waals surface area contributed by atoms with Gasteiger partial charge < -0.3 is 20.6 Å². The molecular formula is C39H41N11O3. The third kappa shape index (κ3) is 6.47. The van der Waals surface area contributed by atoms with Crippen LogP contribution < -0.4 is 11.5 Å². The van der Waals surface area contributed by atoms with Crippen LogP contribution in [0.15, 0.2) is 60.8 Å². The fourth-order valence-corrected chi connectivity index (χ4v) is 7.04. The molecule has 7 rings (SSSR count). The van der Waals surface area contributed by atoms with Gasteiger partial charge in [0, 0.05) is 54.3 Å². The van der Waals surface area contributed by atoms with Crippen LogP contribution in [0.1, 0.15) is 74.2 Å². The SMILES string of the molecule is CCCn1nc(C)cc1-c1ncc2c3cc(C(N)=O)ccc3n(C/C=C/Cn3c(CC(=O)c4cc(C)nn4CC)nc4cc(C(N)=O)cc(C)c43)c2n1. The molecule has 53 heavy (non-hydrogen) atoms. The Morgan fingerprint density at radius 3 is 2.23 bits per heavy atom. The number of primary amides is 2. The number of allylic oxidation sites excluding steroid dienone is 2. The third-order valence-corrected chi connectivity index (χ3v) is 9.40. The lowest BCUT2D eigenvalue weighted by molar-refractivity contribution is 0.0975. The summed E-state index contributed by atoms with van der Waals surface area (Å²) in [4.78, 5) is 52.5. The van der Waals surface area contributed by atoms with Gasteiger partial charge in [-0.05, 0) is 82.1 Å². The van der Waals surface area contributed by atoms with Gasteiger partial charge >= 0.3 is 0 Å². The van der Waals surface area contributed by atoms with Crippen molar-refractivity contribution in [2.24, 2.45) is 11.5 Å². The third-order valence-electron chi connectivity index (χ3n) is 9.40. The molecule has 0 aliphatic rings. The number of nitrogens with zero attached hydrogens (tertiary/aromatic N) is 9. The van der Waals surface area contributed by atoms with E-state index in [0.29, 0.717) is 59.3 Å². The van der Waals surface area contributed by atoms with Gasteiger partial charge in [-0.2, -0.15) is 10.2 Å². The summed E-state index contributed by atoms with van der Waals surface area (Å²) in [7, 11) is 0. The number of hydrogen-bond donors (Lipinski definition) is 2. The van der Waals surface area contributed by atoms with Crippen molar-refractivity contribution in [3.63, 3.8) is 0 Å². The average Bonchev–Trinajstić information content (AvgIpc) is 3.88. The molecule has 5 aromatic heterocycles. The van der Waals surface area contributed by atoms with Crippen LogP contribution in [-0.4, -0.2) is 61.2 Å². The molecule has 0 atom stereocenters. The summed E-state index contributed by atoms with van der Waals surface area (Å²) in [5.74, 6) is -0.0475. The predicted molar refractivity (Wildman–Crippen MR) is 203 cm³/mol. The lowest BCUT2D eigenvalue weighted by Gasteiger charge is -2.10. The minimum absolute atomic E-state index is 0.0435. The van der Waals surface area contributed by atoms with Crippen LogP contribution in [0.3, 0.4) is 0 Å². The second kappa shape index (κ2) is 13.9. The molecule has 7 aromatic rings. The second-order valence-electron chi connectivity index (χ2n) is 13.3. The average molecular weight is 712 g/mol. The van der Waals surface area contributed by atoms with E-state index in [9.17, 15) is 14.4 Å². The lowest BCUT2D eigenvalue weighted by Crippen LogP contribution is -2.15.